The fourth-order valence-electron chi connectivity index (χ4n) is 3.01. The summed E-state index contributed by atoms with van der Waals surface area (Å²) in [7, 11) is 1.57. The van der Waals surface area contributed by atoms with Gasteiger partial charge in [0.25, 0.3) is 5.91 Å². The number of carboxylic acids is 1. The van der Waals surface area contributed by atoms with E-state index in [0.29, 0.717) is 19.7 Å². The number of nitrogens with zero attached hydrogens (tertiary/aromatic N) is 3. The van der Waals surface area contributed by atoms with Crippen LogP contribution in [0.2, 0.25) is 0 Å². The Morgan fingerprint density at radius 3 is 2.67 bits per heavy atom. The molecule has 1 N–H and O–H groups in total. The molecule has 1 aromatic heterocycles. The van der Waals surface area contributed by atoms with E-state index in [1.54, 1.807) is 11.9 Å². The number of aromatic nitrogens is 2. The normalized spacial score (nSPS) is 20.8. The van der Waals surface area contributed by atoms with Gasteiger partial charge in [-0.15, -0.1) is 0 Å². The topological polar surface area (TPSA) is 84.7 Å². The van der Waals surface area contributed by atoms with Crippen LogP contribution in [0.1, 0.15) is 33.3 Å². The lowest BCUT2D eigenvalue weighted by Gasteiger charge is -2.40. The van der Waals surface area contributed by atoms with Crippen molar-refractivity contribution in [3.05, 3.63) is 53.3 Å². The molecule has 2 heterocycles. The molecule has 126 valence electrons. The van der Waals surface area contributed by atoms with E-state index in [2.05, 4.69) is 5.10 Å². The number of morpholine rings is 1. The molecule has 0 spiro atoms. The molecular weight excluding hydrogens is 310 g/mol. The van der Waals surface area contributed by atoms with Crippen LogP contribution in [0.25, 0.3) is 0 Å². The zero-order valence-corrected chi connectivity index (χ0v) is 13.6. The molecule has 0 radical (unpaired) electrons. The molecular formula is C17H19N3O4. The molecule has 24 heavy (non-hydrogen) atoms. The average molecular weight is 329 g/mol. The lowest BCUT2D eigenvalue weighted by Crippen LogP contribution is -2.51. The summed E-state index contributed by atoms with van der Waals surface area (Å²) in [6, 6.07) is 9.69. The molecule has 1 saturated heterocycles. The zero-order valence-electron chi connectivity index (χ0n) is 13.6. The maximum absolute atomic E-state index is 12.9. The van der Waals surface area contributed by atoms with Gasteiger partial charge in [-0.1, -0.05) is 30.3 Å². The van der Waals surface area contributed by atoms with Crippen molar-refractivity contribution in [1.82, 2.24) is 14.7 Å². The SMILES string of the molecule is Cn1ncc(C(=O)O)c1C(=O)N1CCO[C@@](C)(c2ccccc2)C1. The van der Waals surface area contributed by atoms with Gasteiger partial charge in [0.05, 0.1) is 19.3 Å². The number of carbonyl (C=O) groups is 2. The zero-order chi connectivity index (χ0) is 17.3. The fourth-order valence-corrected chi connectivity index (χ4v) is 3.01. The number of aromatic carboxylic acids is 1. The first-order valence-corrected chi connectivity index (χ1v) is 7.66. The predicted molar refractivity (Wildman–Crippen MR) is 85.8 cm³/mol. The summed E-state index contributed by atoms with van der Waals surface area (Å²) in [5.41, 5.74) is 0.345. The number of rotatable bonds is 3. The number of benzene rings is 1. The third-order valence-electron chi connectivity index (χ3n) is 4.32. The maximum atomic E-state index is 12.9. The van der Waals surface area contributed by atoms with E-state index in [0.717, 1.165) is 5.56 Å². The van der Waals surface area contributed by atoms with E-state index in [1.165, 1.54) is 10.9 Å². The van der Waals surface area contributed by atoms with Crippen molar-refractivity contribution in [3.8, 4) is 0 Å². The first-order valence-electron chi connectivity index (χ1n) is 7.66. The Morgan fingerprint density at radius 2 is 2.00 bits per heavy atom. The van der Waals surface area contributed by atoms with E-state index in [1.807, 2.05) is 37.3 Å². The van der Waals surface area contributed by atoms with Crippen LogP contribution in [0.3, 0.4) is 0 Å². The predicted octanol–water partition coefficient (Wildman–Crippen LogP) is 1.51. The molecule has 0 unspecified atom stereocenters. The molecule has 0 saturated carbocycles. The average Bonchev–Trinajstić information content (AvgIpc) is 2.97. The van der Waals surface area contributed by atoms with E-state index < -0.39 is 11.6 Å². The van der Waals surface area contributed by atoms with Crippen LogP contribution >= 0.6 is 0 Å². The Kier molecular flexibility index (Phi) is 4.11. The van der Waals surface area contributed by atoms with E-state index in [4.69, 9.17) is 4.74 Å². The second-order valence-electron chi connectivity index (χ2n) is 6.01. The second-order valence-corrected chi connectivity index (χ2v) is 6.01. The van der Waals surface area contributed by atoms with Crippen LogP contribution in [0, 0.1) is 0 Å². The van der Waals surface area contributed by atoms with Crippen molar-refractivity contribution in [3.63, 3.8) is 0 Å². The summed E-state index contributed by atoms with van der Waals surface area (Å²) >= 11 is 0. The molecule has 1 aliphatic rings. The summed E-state index contributed by atoms with van der Waals surface area (Å²) in [4.78, 5) is 25.8. The van der Waals surface area contributed by atoms with Crippen molar-refractivity contribution in [1.29, 1.82) is 0 Å². The highest BCUT2D eigenvalue weighted by Gasteiger charge is 2.37. The molecule has 1 atom stereocenters. The molecule has 0 bridgehead atoms. The Hall–Kier alpha value is -2.67. The maximum Gasteiger partial charge on any atom is 0.339 e. The second kappa shape index (κ2) is 6.09. The van der Waals surface area contributed by atoms with Gasteiger partial charge in [-0.25, -0.2) is 4.79 Å². The van der Waals surface area contributed by atoms with E-state index >= 15 is 0 Å². The number of amides is 1. The highest BCUT2D eigenvalue weighted by Crippen LogP contribution is 2.30. The van der Waals surface area contributed by atoms with Gasteiger partial charge in [-0.05, 0) is 12.5 Å². The Labute approximate surface area is 139 Å². The molecule has 7 heteroatoms. The summed E-state index contributed by atoms with van der Waals surface area (Å²) in [5, 5.41) is 13.2. The van der Waals surface area contributed by atoms with Crippen molar-refractivity contribution >= 4 is 11.9 Å². The first-order chi connectivity index (χ1) is 11.4. The smallest absolute Gasteiger partial charge is 0.339 e. The van der Waals surface area contributed by atoms with Crippen LogP contribution in [-0.2, 0) is 17.4 Å². The van der Waals surface area contributed by atoms with Gasteiger partial charge < -0.3 is 14.7 Å². The number of carboxylic acid groups (broad SMARTS) is 1. The third-order valence-corrected chi connectivity index (χ3v) is 4.32. The lowest BCUT2D eigenvalue weighted by molar-refractivity contribution is -0.0932. The highest BCUT2D eigenvalue weighted by molar-refractivity contribution is 6.03. The Morgan fingerprint density at radius 1 is 1.29 bits per heavy atom. The van der Waals surface area contributed by atoms with E-state index in [9.17, 15) is 14.7 Å². The van der Waals surface area contributed by atoms with Crippen molar-refractivity contribution in [2.45, 2.75) is 12.5 Å². The molecule has 1 aromatic carbocycles. The van der Waals surface area contributed by atoms with Gasteiger partial charge in [-0.3, -0.25) is 9.48 Å². The molecule has 1 aliphatic heterocycles. The lowest BCUT2D eigenvalue weighted by atomic mass is 9.93. The van der Waals surface area contributed by atoms with Gasteiger partial charge in [0.1, 0.15) is 16.9 Å². The van der Waals surface area contributed by atoms with Crippen molar-refractivity contribution in [2.75, 3.05) is 19.7 Å². The van der Waals surface area contributed by atoms with E-state index in [-0.39, 0.29) is 17.2 Å². The molecule has 1 fully saturated rings. The van der Waals surface area contributed by atoms with Crippen LogP contribution < -0.4 is 0 Å². The summed E-state index contributed by atoms with van der Waals surface area (Å²) in [6.07, 6.45) is 1.20. The first kappa shape index (κ1) is 16.2. The minimum Gasteiger partial charge on any atom is -0.478 e. The molecule has 1 amide bonds. The third kappa shape index (κ3) is 2.78. The van der Waals surface area contributed by atoms with Crippen molar-refractivity contribution < 1.29 is 19.4 Å². The van der Waals surface area contributed by atoms with Gasteiger partial charge in [0, 0.05) is 13.6 Å². The minimum absolute atomic E-state index is 0.0832. The molecule has 7 nitrogen and oxygen atoms in total. The van der Waals surface area contributed by atoms with Crippen molar-refractivity contribution in [2.24, 2.45) is 7.05 Å². The summed E-state index contributed by atoms with van der Waals surface area (Å²) < 4.78 is 7.23. The fraction of sp³-hybridized carbons (Fsp3) is 0.353. The summed E-state index contributed by atoms with van der Waals surface area (Å²) in [6.45, 7) is 3.08. The largest absolute Gasteiger partial charge is 0.478 e. The molecule has 0 aliphatic carbocycles. The molecule has 2 aromatic rings. The standard InChI is InChI=1S/C17H19N3O4/c1-17(12-6-4-3-5-7-12)11-20(8-9-24-17)15(21)14-13(16(22)23)10-18-19(14)2/h3-7,10H,8-9,11H2,1-2H3,(H,22,23)/t17-/m1/s1. The number of carbonyl (C=O) groups excluding carboxylic acids is 1. The monoisotopic (exact) mass is 329 g/mol. The van der Waals surface area contributed by atoms with Gasteiger partial charge in [0.15, 0.2) is 0 Å². The van der Waals surface area contributed by atoms with Crippen LogP contribution in [-0.4, -0.2) is 51.4 Å². The number of aryl methyl sites for hydroxylation is 1. The van der Waals surface area contributed by atoms with Gasteiger partial charge in [-0.2, -0.15) is 5.10 Å². The summed E-state index contributed by atoms with van der Waals surface area (Å²) in [5.74, 6) is -1.51. The van der Waals surface area contributed by atoms with Crippen LogP contribution in [0.5, 0.6) is 0 Å². The number of hydrogen-bond acceptors (Lipinski definition) is 4. The quantitative estimate of drug-likeness (QED) is 0.922. The highest BCUT2D eigenvalue weighted by atomic mass is 16.5. The molecule has 3 rings (SSSR count). The van der Waals surface area contributed by atoms with Gasteiger partial charge >= 0.3 is 5.97 Å². The Balaban J connectivity index is 1.89. The minimum atomic E-state index is -1.16. The van der Waals surface area contributed by atoms with Gasteiger partial charge in [0.2, 0.25) is 0 Å². The number of ether oxygens (including phenoxy) is 1. The Bertz CT molecular complexity index is 771. The number of hydrogen-bond donors (Lipinski definition) is 1. The van der Waals surface area contributed by atoms with Crippen LogP contribution in [0.15, 0.2) is 36.5 Å². The van der Waals surface area contributed by atoms with Crippen LogP contribution in [0.4, 0.5) is 0 Å².